The van der Waals surface area contributed by atoms with Crippen molar-refractivity contribution in [3.8, 4) is 0 Å². The monoisotopic (exact) mass is 342 g/mol. The van der Waals surface area contributed by atoms with Gasteiger partial charge >= 0.3 is 6.03 Å². The van der Waals surface area contributed by atoms with Crippen molar-refractivity contribution in [3.63, 3.8) is 0 Å². The molecule has 0 fully saturated rings. The topological polar surface area (TPSA) is 113 Å². The highest BCUT2D eigenvalue weighted by atomic mass is 16.2. The average molecular weight is 342 g/mol. The molecule has 0 aliphatic heterocycles. The van der Waals surface area contributed by atoms with Gasteiger partial charge in [-0.2, -0.15) is 0 Å². The number of nitrogens with one attached hydrogen (secondary N) is 3. The summed E-state index contributed by atoms with van der Waals surface area (Å²) >= 11 is 0. The van der Waals surface area contributed by atoms with E-state index in [-0.39, 0.29) is 29.6 Å². The van der Waals surface area contributed by atoms with Gasteiger partial charge in [0.05, 0.1) is 12.1 Å². The maximum Gasteiger partial charge on any atom is 0.312 e. The van der Waals surface area contributed by atoms with Crippen LogP contribution >= 0.6 is 0 Å². The fourth-order valence-corrected chi connectivity index (χ4v) is 2.40. The van der Waals surface area contributed by atoms with Crippen molar-refractivity contribution < 1.29 is 14.4 Å². The number of rotatable bonds is 12. The van der Waals surface area contributed by atoms with Crippen LogP contribution in [0.5, 0.6) is 0 Å². The molecule has 7 heteroatoms. The third-order valence-corrected chi connectivity index (χ3v) is 3.76. The minimum atomic E-state index is -0.589. The summed E-state index contributed by atoms with van der Waals surface area (Å²) in [5.41, 5.74) is 5.02. The number of ketones is 1. The summed E-state index contributed by atoms with van der Waals surface area (Å²) in [7, 11) is 0. The van der Waals surface area contributed by atoms with Crippen LogP contribution < -0.4 is 21.7 Å². The quantitative estimate of drug-likeness (QED) is 0.399. The van der Waals surface area contributed by atoms with Gasteiger partial charge in [0.1, 0.15) is 0 Å². The van der Waals surface area contributed by atoms with E-state index in [9.17, 15) is 14.4 Å². The SMILES string of the molecule is CCCN[C@H](C(=O)N[C@@H](CCCNC(N)=O)C(=O)C(C)C)C(C)C. The van der Waals surface area contributed by atoms with Crippen LogP contribution in [0.2, 0.25) is 0 Å². The molecule has 0 saturated carbocycles. The van der Waals surface area contributed by atoms with Crippen molar-refractivity contribution in [3.05, 3.63) is 0 Å². The van der Waals surface area contributed by atoms with Gasteiger partial charge in [-0.25, -0.2) is 4.79 Å². The normalized spacial score (nSPS) is 13.6. The fraction of sp³-hybridized carbons (Fsp3) is 0.824. The largest absolute Gasteiger partial charge is 0.352 e. The number of amides is 3. The predicted octanol–water partition coefficient (Wildman–Crippen LogP) is 1.17. The number of carbonyl (C=O) groups is 3. The van der Waals surface area contributed by atoms with Gasteiger partial charge in [-0.15, -0.1) is 0 Å². The van der Waals surface area contributed by atoms with Crippen molar-refractivity contribution in [2.75, 3.05) is 13.1 Å². The van der Waals surface area contributed by atoms with Crippen LogP contribution in [0.4, 0.5) is 4.79 Å². The van der Waals surface area contributed by atoms with Crippen molar-refractivity contribution in [2.45, 2.75) is 66.0 Å². The molecule has 0 heterocycles. The molecule has 140 valence electrons. The molecular weight excluding hydrogens is 308 g/mol. The molecule has 24 heavy (non-hydrogen) atoms. The second-order valence-electron chi connectivity index (χ2n) is 6.73. The molecule has 0 bridgehead atoms. The van der Waals surface area contributed by atoms with E-state index < -0.39 is 12.1 Å². The highest BCUT2D eigenvalue weighted by molar-refractivity contribution is 5.91. The Kier molecular flexibility index (Phi) is 11.0. The Morgan fingerprint density at radius 1 is 1.04 bits per heavy atom. The third-order valence-electron chi connectivity index (χ3n) is 3.76. The Morgan fingerprint density at radius 3 is 2.12 bits per heavy atom. The van der Waals surface area contributed by atoms with Crippen molar-refractivity contribution >= 4 is 17.7 Å². The molecule has 0 aliphatic carbocycles. The Bertz CT molecular complexity index is 411. The highest BCUT2D eigenvalue weighted by Gasteiger charge is 2.27. The lowest BCUT2D eigenvalue weighted by Crippen LogP contribution is -2.53. The van der Waals surface area contributed by atoms with Gasteiger partial charge in [-0.3, -0.25) is 9.59 Å². The minimum absolute atomic E-state index is 0.000391. The molecule has 0 aliphatic rings. The lowest BCUT2D eigenvalue weighted by molar-refractivity contribution is -0.131. The lowest BCUT2D eigenvalue weighted by Gasteiger charge is -2.26. The van der Waals surface area contributed by atoms with Gasteiger partial charge in [0, 0.05) is 12.5 Å². The van der Waals surface area contributed by atoms with E-state index in [4.69, 9.17) is 5.73 Å². The first-order valence-electron chi connectivity index (χ1n) is 8.81. The molecule has 0 spiro atoms. The summed E-state index contributed by atoms with van der Waals surface area (Å²) in [4.78, 5) is 35.6. The van der Waals surface area contributed by atoms with E-state index >= 15 is 0 Å². The summed E-state index contributed by atoms with van der Waals surface area (Å²) < 4.78 is 0. The first-order chi connectivity index (χ1) is 11.2. The summed E-state index contributed by atoms with van der Waals surface area (Å²) in [6.45, 7) is 10.8. The van der Waals surface area contributed by atoms with Crippen molar-refractivity contribution in [1.82, 2.24) is 16.0 Å². The van der Waals surface area contributed by atoms with Crippen LogP contribution in [0.25, 0.3) is 0 Å². The summed E-state index contributed by atoms with van der Waals surface area (Å²) in [6, 6.07) is -1.46. The first kappa shape index (κ1) is 22.4. The van der Waals surface area contributed by atoms with Crippen molar-refractivity contribution in [2.24, 2.45) is 17.6 Å². The van der Waals surface area contributed by atoms with Crippen LogP contribution in [0.1, 0.15) is 53.9 Å². The molecule has 2 atom stereocenters. The molecular formula is C17H34N4O3. The second-order valence-corrected chi connectivity index (χ2v) is 6.73. The second kappa shape index (κ2) is 11.8. The summed E-state index contributed by atoms with van der Waals surface area (Å²) in [5.74, 6) is -0.191. The molecule has 3 amide bonds. The molecule has 0 aromatic heterocycles. The van der Waals surface area contributed by atoms with E-state index in [1.54, 1.807) is 0 Å². The number of hydrogen-bond donors (Lipinski definition) is 4. The molecule has 0 saturated heterocycles. The molecule has 7 nitrogen and oxygen atoms in total. The van der Waals surface area contributed by atoms with E-state index in [0.717, 1.165) is 13.0 Å². The molecule has 5 N–H and O–H groups in total. The molecule has 0 aromatic rings. The van der Waals surface area contributed by atoms with Gasteiger partial charge in [0.15, 0.2) is 5.78 Å². The Morgan fingerprint density at radius 2 is 1.67 bits per heavy atom. The smallest absolute Gasteiger partial charge is 0.312 e. The number of primary amides is 1. The first-order valence-corrected chi connectivity index (χ1v) is 8.81. The number of nitrogens with two attached hydrogens (primary N) is 1. The molecule has 0 radical (unpaired) electrons. The maximum atomic E-state index is 12.6. The molecule has 0 aromatic carbocycles. The van der Waals surface area contributed by atoms with Crippen LogP contribution in [0.3, 0.4) is 0 Å². The van der Waals surface area contributed by atoms with Gasteiger partial charge < -0.3 is 21.7 Å². The zero-order valence-corrected chi connectivity index (χ0v) is 15.6. The number of urea groups is 1. The zero-order valence-electron chi connectivity index (χ0n) is 15.6. The lowest BCUT2D eigenvalue weighted by atomic mass is 9.96. The van der Waals surface area contributed by atoms with E-state index in [1.165, 1.54) is 0 Å². The van der Waals surface area contributed by atoms with E-state index in [2.05, 4.69) is 16.0 Å². The van der Waals surface area contributed by atoms with Crippen LogP contribution in [-0.4, -0.2) is 42.9 Å². The summed E-state index contributed by atoms with van der Waals surface area (Å²) in [5, 5.41) is 8.60. The maximum absolute atomic E-state index is 12.6. The molecule has 0 unspecified atom stereocenters. The van der Waals surface area contributed by atoms with Gasteiger partial charge in [0.25, 0.3) is 0 Å². The van der Waals surface area contributed by atoms with Crippen LogP contribution in [-0.2, 0) is 9.59 Å². The number of Topliss-reactive ketones (excluding diaryl/α,β-unsaturated/α-hetero) is 1. The minimum Gasteiger partial charge on any atom is -0.352 e. The Hall–Kier alpha value is -1.63. The number of carbonyl (C=O) groups excluding carboxylic acids is 3. The zero-order chi connectivity index (χ0) is 18.7. The molecule has 0 rings (SSSR count). The fourth-order valence-electron chi connectivity index (χ4n) is 2.40. The van der Waals surface area contributed by atoms with Crippen molar-refractivity contribution in [1.29, 1.82) is 0 Å². The Labute approximate surface area is 145 Å². The predicted molar refractivity (Wildman–Crippen MR) is 95.5 cm³/mol. The van der Waals surface area contributed by atoms with Gasteiger partial charge in [0.2, 0.25) is 5.91 Å². The van der Waals surface area contributed by atoms with Crippen LogP contribution in [0, 0.1) is 11.8 Å². The average Bonchev–Trinajstić information content (AvgIpc) is 2.49. The van der Waals surface area contributed by atoms with E-state index in [0.29, 0.717) is 19.4 Å². The van der Waals surface area contributed by atoms with E-state index in [1.807, 2.05) is 34.6 Å². The van der Waals surface area contributed by atoms with Gasteiger partial charge in [-0.05, 0) is 31.7 Å². The standard InChI is InChI=1S/C17H34N4O3/c1-6-9-19-14(11(2)3)16(23)21-13(15(22)12(4)5)8-7-10-20-17(18)24/h11-14,19H,6-10H2,1-5H3,(H,21,23)(H3,18,20,24)/t13-,14-/m0/s1. The highest BCUT2D eigenvalue weighted by Crippen LogP contribution is 2.09. The van der Waals surface area contributed by atoms with Crippen LogP contribution in [0.15, 0.2) is 0 Å². The number of hydrogen-bond acceptors (Lipinski definition) is 4. The Balaban J connectivity index is 4.79. The summed E-state index contributed by atoms with van der Waals surface area (Å²) in [6.07, 6.45) is 1.98. The third kappa shape index (κ3) is 8.86. The van der Waals surface area contributed by atoms with Gasteiger partial charge in [-0.1, -0.05) is 34.6 Å².